The molecule has 0 radical (unpaired) electrons. The second-order valence-corrected chi connectivity index (χ2v) is 8.74. The number of carbonyl (C=O) groups excluding carboxylic acids is 1. The summed E-state index contributed by atoms with van der Waals surface area (Å²) in [6.45, 7) is 2.36. The predicted molar refractivity (Wildman–Crippen MR) is 130 cm³/mol. The zero-order valence-electron chi connectivity index (χ0n) is 19.1. The first kappa shape index (κ1) is 23.4. The molecule has 0 aliphatic rings. The van der Waals surface area contributed by atoms with Crippen molar-refractivity contribution in [3.05, 3.63) is 86.5 Å². The van der Waals surface area contributed by atoms with Crippen LogP contribution in [0.4, 0.5) is 4.39 Å². The van der Waals surface area contributed by atoms with Gasteiger partial charge in [-0.15, -0.1) is 11.3 Å². The zero-order chi connectivity index (χ0) is 24.2. The lowest BCUT2D eigenvalue weighted by Crippen LogP contribution is -2.25. The van der Waals surface area contributed by atoms with Gasteiger partial charge in [0.25, 0.3) is 11.5 Å². The second kappa shape index (κ2) is 10.0. The van der Waals surface area contributed by atoms with Crippen LogP contribution >= 0.6 is 11.3 Å². The molecule has 9 heteroatoms. The van der Waals surface area contributed by atoms with Crippen LogP contribution in [0.2, 0.25) is 0 Å². The summed E-state index contributed by atoms with van der Waals surface area (Å²) in [4.78, 5) is 31.2. The third-order valence-corrected chi connectivity index (χ3v) is 6.71. The van der Waals surface area contributed by atoms with Crippen LogP contribution in [0.25, 0.3) is 10.2 Å². The van der Waals surface area contributed by atoms with Crippen LogP contribution in [0, 0.1) is 12.7 Å². The van der Waals surface area contributed by atoms with Crippen molar-refractivity contribution < 1.29 is 18.7 Å². The number of aryl methyl sites for hydroxylation is 1. The highest BCUT2D eigenvalue weighted by molar-refractivity contribution is 7.20. The van der Waals surface area contributed by atoms with Gasteiger partial charge in [0.2, 0.25) is 0 Å². The molecule has 1 N–H and O–H groups in total. The zero-order valence-corrected chi connectivity index (χ0v) is 19.9. The molecule has 2 heterocycles. The van der Waals surface area contributed by atoms with E-state index in [1.807, 2.05) is 18.2 Å². The standard InChI is InChI=1S/C25H24FN3O4S/c1-15-21-24(28-14-29(25(21)31)13-17-5-4-6-18(26)11-17)34-22(15)23(30)27-10-9-16-7-8-19(32-2)20(12-16)33-3/h4-8,11-12,14H,9-10,13H2,1-3H3,(H,27,30). The molecule has 7 nitrogen and oxygen atoms in total. The van der Waals surface area contributed by atoms with E-state index >= 15 is 0 Å². The molecule has 1 amide bonds. The van der Waals surface area contributed by atoms with Crippen LogP contribution in [0.1, 0.15) is 26.4 Å². The Bertz CT molecular complexity index is 1410. The Morgan fingerprint density at radius 3 is 2.65 bits per heavy atom. The SMILES string of the molecule is COc1ccc(CCNC(=O)c2sc3ncn(Cc4cccc(F)c4)c(=O)c3c2C)cc1OC. The van der Waals surface area contributed by atoms with Gasteiger partial charge in [-0.3, -0.25) is 14.2 Å². The number of hydrogen-bond acceptors (Lipinski definition) is 6. The largest absolute Gasteiger partial charge is 0.493 e. The Hall–Kier alpha value is -3.72. The molecule has 0 aliphatic carbocycles. The molecule has 0 saturated heterocycles. The van der Waals surface area contributed by atoms with Crippen LogP contribution in [-0.4, -0.2) is 36.2 Å². The number of nitrogens with one attached hydrogen (secondary N) is 1. The van der Waals surface area contributed by atoms with Gasteiger partial charge in [0.05, 0.1) is 37.4 Å². The van der Waals surface area contributed by atoms with E-state index < -0.39 is 0 Å². The number of ether oxygens (including phenoxy) is 2. The number of aromatic nitrogens is 2. The van der Waals surface area contributed by atoms with Crippen LogP contribution in [0.15, 0.2) is 53.6 Å². The van der Waals surface area contributed by atoms with E-state index in [1.54, 1.807) is 33.3 Å². The highest BCUT2D eigenvalue weighted by Gasteiger charge is 2.19. The van der Waals surface area contributed by atoms with Gasteiger partial charge in [0, 0.05) is 6.54 Å². The number of methoxy groups -OCH3 is 2. The fourth-order valence-corrected chi connectivity index (χ4v) is 4.81. The minimum absolute atomic E-state index is 0.196. The van der Waals surface area contributed by atoms with Gasteiger partial charge < -0.3 is 14.8 Å². The van der Waals surface area contributed by atoms with Crippen LogP contribution < -0.4 is 20.3 Å². The van der Waals surface area contributed by atoms with E-state index in [1.165, 1.54) is 34.4 Å². The summed E-state index contributed by atoms with van der Waals surface area (Å²) in [5, 5.41) is 3.33. The fourth-order valence-electron chi connectivity index (χ4n) is 3.76. The second-order valence-electron chi connectivity index (χ2n) is 7.74. The average molecular weight is 482 g/mol. The van der Waals surface area contributed by atoms with Gasteiger partial charge in [-0.1, -0.05) is 18.2 Å². The number of carbonyl (C=O) groups is 1. The lowest BCUT2D eigenvalue weighted by atomic mass is 10.1. The van der Waals surface area contributed by atoms with E-state index in [0.29, 0.717) is 50.7 Å². The highest BCUT2D eigenvalue weighted by Crippen LogP contribution is 2.28. The van der Waals surface area contributed by atoms with E-state index in [-0.39, 0.29) is 23.8 Å². The number of thiophene rings is 1. The Morgan fingerprint density at radius 2 is 1.91 bits per heavy atom. The normalized spacial score (nSPS) is 10.9. The van der Waals surface area contributed by atoms with Gasteiger partial charge in [0.15, 0.2) is 11.5 Å². The van der Waals surface area contributed by atoms with Crippen molar-refractivity contribution in [2.75, 3.05) is 20.8 Å². The Labute approximate surface area is 199 Å². The van der Waals surface area contributed by atoms with Gasteiger partial charge in [0.1, 0.15) is 10.6 Å². The van der Waals surface area contributed by atoms with E-state index in [9.17, 15) is 14.0 Å². The summed E-state index contributed by atoms with van der Waals surface area (Å²) in [5.41, 5.74) is 1.99. The number of rotatable bonds is 8. The molecule has 0 atom stereocenters. The first-order valence-corrected chi connectivity index (χ1v) is 11.4. The quantitative estimate of drug-likeness (QED) is 0.412. The van der Waals surface area contributed by atoms with Gasteiger partial charge in [-0.2, -0.15) is 0 Å². The van der Waals surface area contributed by atoms with Crippen LogP contribution in [0.5, 0.6) is 11.5 Å². The van der Waals surface area contributed by atoms with Crippen molar-refractivity contribution in [2.45, 2.75) is 19.9 Å². The summed E-state index contributed by atoms with van der Waals surface area (Å²) in [7, 11) is 3.16. The average Bonchev–Trinajstić information content (AvgIpc) is 3.17. The maximum Gasteiger partial charge on any atom is 0.262 e. The maximum absolute atomic E-state index is 13.5. The molecule has 2 aromatic heterocycles. The molecule has 0 aliphatic heterocycles. The Morgan fingerprint density at radius 1 is 1.12 bits per heavy atom. The summed E-state index contributed by atoms with van der Waals surface area (Å²) in [6.07, 6.45) is 2.04. The summed E-state index contributed by atoms with van der Waals surface area (Å²) < 4.78 is 25.5. The number of amides is 1. The van der Waals surface area contributed by atoms with Crippen LogP contribution in [0.3, 0.4) is 0 Å². The predicted octanol–water partition coefficient (Wildman–Crippen LogP) is 3.94. The number of halogens is 1. The summed E-state index contributed by atoms with van der Waals surface area (Å²) in [5.74, 6) is 0.661. The summed E-state index contributed by atoms with van der Waals surface area (Å²) in [6, 6.07) is 11.7. The van der Waals surface area contributed by atoms with E-state index in [2.05, 4.69) is 10.3 Å². The van der Waals surface area contributed by atoms with E-state index in [0.717, 1.165) is 5.56 Å². The minimum Gasteiger partial charge on any atom is -0.493 e. The number of fused-ring (bicyclic) bond motifs is 1. The van der Waals surface area contributed by atoms with Crippen molar-refractivity contribution in [3.63, 3.8) is 0 Å². The number of hydrogen-bond donors (Lipinski definition) is 1. The fraction of sp³-hybridized carbons (Fsp3) is 0.240. The molecule has 34 heavy (non-hydrogen) atoms. The monoisotopic (exact) mass is 481 g/mol. The van der Waals surface area contributed by atoms with Gasteiger partial charge >= 0.3 is 0 Å². The molecular weight excluding hydrogens is 457 g/mol. The molecule has 0 unspecified atom stereocenters. The molecule has 0 fully saturated rings. The molecule has 0 bridgehead atoms. The van der Waals surface area contributed by atoms with Crippen molar-refractivity contribution in [2.24, 2.45) is 0 Å². The van der Waals surface area contributed by atoms with Gasteiger partial charge in [-0.25, -0.2) is 9.37 Å². The first-order valence-electron chi connectivity index (χ1n) is 10.6. The maximum atomic E-state index is 13.5. The molecule has 2 aromatic carbocycles. The molecule has 0 spiro atoms. The number of benzene rings is 2. The highest BCUT2D eigenvalue weighted by atomic mass is 32.1. The first-order chi connectivity index (χ1) is 16.4. The molecule has 176 valence electrons. The lowest BCUT2D eigenvalue weighted by molar-refractivity contribution is 0.0957. The topological polar surface area (TPSA) is 82.5 Å². The Kier molecular flexibility index (Phi) is 6.93. The minimum atomic E-state index is -0.363. The van der Waals surface area contributed by atoms with Gasteiger partial charge in [-0.05, 0) is 54.3 Å². The summed E-state index contributed by atoms with van der Waals surface area (Å²) >= 11 is 1.19. The van der Waals surface area contributed by atoms with Crippen molar-refractivity contribution in [3.8, 4) is 11.5 Å². The van der Waals surface area contributed by atoms with Crippen molar-refractivity contribution in [1.82, 2.24) is 14.9 Å². The lowest BCUT2D eigenvalue weighted by Gasteiger charge is -2.10. The third kappa shape index (κ3) is 4.79. The van der Waals surface area contributed by atoms with Crippen LogP contribution in [-0.2, 0) is 13.0 Å². The van der Waals surface area contributed by atoms with Crippen molar-refractivity contribution in [1.29, 1.82) is 0 Å². The third-order valence-electron chi connectivity index (χ3n) is 5.51. The van der Waals surface area contributed by atoms with Crippen molar-refractivity contribution >= 4 is 27.5 Å². The smallest absolute Gasteiger partial charge is 0.262 e. The van der Waals surface area contributed by atoms with E-state index in [4.69, 9.17) is 9.47 Å². The molecule has 0 saturated carbocycles. The Balaban J connectivity index is 1.49. The molecule has 4 aromatic rings. The molecule has 4 rings (SSSR count). The molecular formula is C25H24FN3O4S. The number of nitrogens with zero attached hydrogens (tertiary/aromatic N) is 2.